The molecule has 0 aliphatic carbocycles. The number of rotatable bonds is 3. The van der Waals surface area contributed by atoms with Gasteiger partial charge in [-0.1, -0.05) is 0 Å². The summed E-state index contributed by atoms with van der Waals surface area (Å²) < 4.78 is 0. The maximum atomic E-state index is 12.0. The number of hydrogen-bond donors (Lipinski definition) is 2. The first-order valence-electron chi connectivity index (χ1n) is 6.35. The van der Waals surface area contributed by atoms with Gasteiger partial charge in [0.2, 0.25) is 5.91 Å². The summed E-state index contributed by atoms with van der Waals surface area (Å²) in [5.41, 5.74) is 0.528. The second-order valence-electron chi connectivity index (χ2n) is 4.91. The summed E-state index contributed by atoms with van der Waals surface area (Å²) in [6.07, 6.45) is 0. The highest BCUT2D eigenvalue weighted by molar-refractivity contribution is 7.14. The van der Waals surface area contributed by atoms with Crippen LogP contribution in [-0.2, 0) is 4.79 Å². The predicted octanol–water partition coefficient (Wildman–Crippen LogP) is 1.24. The van der Waals surface area contributed by atoms with Crippen molar-refractivity contribution in [3.05, 3.63) is 17.0 Å². The van der Waals surface area contributed by atoms with E-state index in [1.54, 1.807) is 6.07 Å². The Morgan fingerprint density at radius 1 is 1.68 bits per heavy atom. The lowest BCUT2D eigenvalue weighted by Crippen LogP contribution is -2.55. The summed E-state index contributed by atoms with van der Waals surface area (Å²) in [6.45, 7) is 6.36. The van der Waals surface area contributed by atoms with E-state index < -0.39 is 0 Å². The van der Waals surface area contributed by atoms with E-state index in [2.05, 4.69) is 35.5 Å². The molecule has 6 heteroatoms. The zero-order chi connectivity index (χ0) is 13.8. The maximum absolute atomic E-state index is 12.0. The Morgan fingerprint density at radius 2 is 2.47 bits per heavy atom. The monoisotopic (exact) mass is 278 g/mol. The molecule has 5 nitrogen and oxygen atoms in total. The Kier molecular flexibility index (Phi) is 4.53. The second-order valence-corrected chi connectivity index (χ2v) is 5.83. The summed E-state index contributed by atoms with van der Waals surface area (Å²) in [4.78, 5) is 14.2. The van der Waals surface area contributed by atoms with Crippen molar-refractivity contribution in [3.63, 3.8) is 0 Å². The predicted molar refractivity (Wildman–Crippen MR) is 76.2 cm³/mol. The number of anilines is 1. The van der Waals surface area contributed by atoms with Crippen LogP contribution in [0.15, 0.2) is 11.4 Å². The third-order valence-corrected chi connectivity index (χ3v) is 4.11. The topological polar surface area (TPSA) is 68.2 Å². The summed E-state index contributed by atoms with van der Waals surface area (Å²) in [6, 6.07) is 4.54. The second kappa shape index (κ2) is 6.15. The van der Waals surface area contributed by atoms with Crippen LogP contribution in [0.3, 0.4) is 0 Å². The van der Waals surface area contributed by atoms with Gasteiger partial charge in [-0.15, -0.1) is 11.3 Å². The van der Waals surface area contributed by atoms with E-state index in [9.17, 15) is 4.79 Å². The van der Waals surface area contributed by atoms with Crippen molar-refractivity contribution < 1.29 is 4.79 Å². The van der Waals surface area contributed by atoms with E-state index in [-0.39, 0.29) is 5.91 Å². The van der Waals surface area contributed by atoms with Gasteiger partial charge in [-0.05, 0) is 25.3 Å². The van der Waals surface area contributed by atoms with E-state index in [1.807, 2.05) is 5.38 Å². The Balaban J connectivity index is 1.92. The Labute approximate surface area is 117 Å². The standard InChI is InChI=1S/C13H18N4OS/c1-9-7-17(10(2)6-15-9)8-12(18)16-13-11(5-14)3-4-19-13/h3-4,9-10,15H,6-8H2,1-2H3,(H,16,18). The van der Waals surface area contributed by atoms with E-state index in [4.69, 9.17) is 5.26 Å². The van der Waals surface area contributed by atoms with Gasteiger partial charge < -0.3 is 10.6 Å². The van der Waals surface area contributed by atoms with Crippen molar-refractivity contribution in [1.29, 1.82) is 5.26 Å². The Bertz CT molecular complexity index is 493. The first kappa shape index (κ1) is 14.0. The lowest BCUT2D eigenvalue weighted by atomic mass is 10.1. The number of nitrogens with one attached hydrogen (secondary N) is 2. The molecule has 102 valence electrons. The molecule has 0 saturated carbocycles. The van der Waals surface area contributed by atoms with Gasteiger partial charge in [0, 0.05) is 25.2 Å². The Hall–Kier alpha value is -1.42. The first-order chi connectivity index (χ1) is 9.10. The van der Waals surface area contributed by atoms with Crippen LogP contribution in [0.1, 0.15) is 19.4 Å². The van der Waals surface area contributed by atoms with Gasteiger partial charge in [-0.2, -0.15) is 5.26 Å². The minimum absolute atomic E-state index is 0.0556. The lowest BCUT2D eigenvalue weighted by Gasteiger charge is -2.36. The van der Waals surface area contributed by atoms with Crippen LogP contribution in [-0.4, -0.2) is 42.5 Å². The van der Waals surface area contributed by atoms with Gasteiger partial charge in [0.15, 0.2) is 0 Å². The number of carbonyl (C=O) groups excluding carboxylic acids is 1. The fourth-order valence-corrected chi connectivity index (χ4v) is 2.92. The third kappa shape index (κ3) is 3.53. The van der Waals surface area contributed by atoms with Crippen molar-refractivity contribution in [2.75, 3.05) is 25.0 Å². The summed E-state index contributed by atoms with van der Waals surface area (Å²) in [7, 11) is 0. The molecule has 0 spiro atoms. The summed E-state index contributed by atoms with van der Waals surface area (Å²) in [5.74, 6) is -0.0556. The SMILES string of the molecule is CC1CN(CC(=O)Nc2sccc2C#N)C(C)CN1. The van der Waals surface area contributed by atoms with Gasteiger partial charge in [0.05, 0.1) is 12.1 Å². The van der Waals surface area contributed by atoms with E-state index in [0.717, 1.165) is 13.1 Å². The quantitative estimate of drug-likeness (QED) is 0.873. The molecule has 1 aliphatic heterocycles. The first-order valence-corrected chi connectivity index (χ1v) is 7.23. The molecule has 2 atom stereocenters. The van der Waals surface area contributed by atoms with Crippen molar-refractivity contribution in [3.8, 4) is 6.07 Å². The highest BCUT2D eigenvalue weighted by Crippen LogP contribution is 2.22. The van der Waals surface area contributed by atoms with E-state index in [0.29, 0.717) is 29.2 Å². The van der Waals surface area contributed by atoms with Crippen LogP contribution in [0, 0.1) is 11.3 Å². The van der Waals surface area contributed by atoms with Crippen molar-refractivity contribution in [2.45, 2.75) is 25.9 Å². The molecule has 0 bridgehead atoms. The zero-order valence-electron chi connectivity index (χ0n) is 11.1. The number of thiophene rings is 1. The number of amides is 1. The molecule has 1 saturated heterocycles. The van der Waals surface area contributed by atoms with Crippen LogP contribution in [0.25, 0.3) is 0 Å². The molecule has 2 unspecified atom stereocenters. The van der Waals surface area contributed by atoms with Gasteiger partial charge >= 0.3 is 0 Å². The lowest BCUT2D eigenvalue weighted by molar-refractivity contribution is -0.118. The van der Waals surface area contributed by atoms with Crippen molar-refractivity contribution >= 4 is 22.2 Å². The molecule has 0 aromatic carbocycles. The van der Waals surface area contributed by atoms with Crippen LogP contribution >= 0.6 is 11.3 Å². The molecule has 0 radical (unpaired) electrons. The molecule has 1 aliphatic rings. The minimum Gasteiger partial charge on any atom is -0.315 e. The molecule has 19 heavy (non-hydrogen) atoms. The molecule has 2 heterocycles. The Morgan fingerprint density at radius 3 is 3.21 bits per heavy atom. The number of carbonyl (C=O) groups is 1. The average Bonchev–Trinajstić information content (AvgIpc) is 2.81. The van der Waals surface area contributed by atoms with Crippen LogP contribution in [0.5, 0.6) is 0 Å². The number of nitrogens with zero attached hydrogens (tertiary/aromatic N) is 2. The van der Waals surface area contributed by atoms with Crippen LogP contribution < -0.4 is 10.6 Å². The fourth-order valence-electron chi connectivity index (χ4n) is 2.16. The molecule has 1 amide bonds. The molecule has 1 fully saturated rings. The molecule has 2 rings (SSSR count). The molecule has 1 aromatic rings. The average molecular weight is 278 g/mol. The third-order valence-electron chi connectivity index (χ3n) is 3.28. The summed E-state index contributed by atoms with van der Waals surface area (Å²) in [5, 5.41) is 17.6. The summed E-state index contributed by atoms with van der Waals surface area (Å²) >= 11 is 1.38. The van der Waals surface area contributed by atoms with Crippen LogP contribution in [0.2, 0.25) is 0 Å². The van der Waals surface area contributed by atoms with E-state index >= 15 is 0 Å². The zero-order valence-corrected chi connectivity index (χ0v) is 12.0. The minimum atomic E-state index is -0.0556. The van der Waals surface area contributed by atoms with E-state index in [1.165, 1.54) is 11.3 Å². The number of hydrogen-bond acceptors (Lipinski definition) is 5. The normalized spacial score (nSPS) is 23.8. The van der Waals surface area contributed by atoms with Gasteiger partial charge in [-0.25, -0.2) is 0 Å². The largest absolute Gasteiger partial charge is 0.315 e. The van der Waals surface area contributed by atoms with Crippen LogP contribution in [0.4, 0.5) is 5.00 Å². The molecular weight excluding hydrogens is 260 g/mol. The molecule has 1 aromatic heterocycles. The van der Waals surface area contributed by atoms with Crippen molar-refractivity contribution in [1.82, 2.24) is 10.2 Å². The molecule has 2 N–H and O–H groups in total. The number of piperazine rings is 1. The van der Waals surface area contributed by atoms with Gasteiger partial charge in [0.1, 0.15) is 11.1 Å². The highest BCUT2D eigenvalue weighted by atomic mass is 32.1. The fraction of sp³-hybridized carbons (Fsp3) is 0.538. The maximum Gasteiger partial charge on any atom is 0.239 e. The van der Waals surface area contributed by atoms with Gasteiger partial charge in [0.25, 0.3) is 0 Å². The smallest absolute Gasteiger partial charge is 0.239 e. The molecular formula is C13H18N4OS. The van der Waals surface area contributed by atoms with Gasteiger partial charge in [-0.3, -0.25) is 9.69 Å². The highest BCUT2D eigenvalue weighted by Gasteiger charge is 2.24. The number of nitriles is 1. The van der Waals surface area contributed by atoms with Crippen molar-refractivity contribution in [2.24, 2.45) is 0 Å².